The molecule has 8 heteroatoms. The normalized spacial score (nSPS) is 18.2. The third-order valence-electron chi connectivity index (χ3n) is 5.75. The number of ether oxygens (including phenoxy) is 2. The fraction of sp³-hybridized carbons (Fsp3) is 0.375. The molecule has 3 heterocycles. The number of rotatable bonds is 5. The zero-order valence-corrected chi connectivity index (χ0v) is 18.7. The van der Waals surface area contributed by atoms with E-state index in [1.54, 1.807) is 0 Å². The van der Waals surface area contributed by atoms with E-state index < -0.39 is 6.10 Å². The van der Waals surface area contributed by atoms with Gasteiger partial charge in [0.05, 0.1) is 5.75 Å². The van der Waals surface area contributed by atoms with E-state index in [2.05, 4.69) is 10.2 Å². The Bertz CT molecular complexity index is 1060. The Morgan fingerprint density at radius 3 is 2.44 bits per heavy atom. The fourth-order valence-corrected chi connectivity index (χ4v) is 4.95. The summed E-state index contributed by atoms with van der Waals surface area (Å²) in [5.41, 5.74) is 0.930. The minimum Gasteiger partial charge on any atom is -0.485 e. The summed E-state index contributed by atoms with van der Waals surface area (Å²) in [6.07, 6.45) is 4.18. The van der Waals surface area contributed by atoms with Gasteiger partial charge in [-0.15, -0.1) is 10.2 Å². The van der Waals surface area contributed by atoms with Crippen LogP contribution in [0.4, 0.5) is 0 Å². The number of carbonyl (C=O) groups is 1. The van der Waals surface area contributed by atoms with Crippen molar-refractivity contribution in [2.75, 3.05) is 25.4 Å². The highest BCUT2D eigenvalue weighted by Crippen LogP contribution is 2.37. The predicted molar refractivity (Wildman–Crippen MR) is 122 cm³/mol. The van der Waals surface area contributed by atoms with Crippen LogP contribution in [0.2, 0.25) is 0 Å². The molecular formula is C24H26N4O3S. The van der Waals surface area contributed by atoms with Crippen LogP contribution in [0.25, 0.3) is 5.69 Å². The molecule has 5 rings (SSSR count). The van der Waals surface area contributed by atoms with Gasteiger partial charge in [0.1, 0.15) is 6.61 Å². The lowest BCUT2D eigenvalue weighted by atomic mass is 10.2. The van der Waals surface area contributed by atoms with E-state index in [0.717, 1.165) is 37.4 Å². The molecule has 0 aliphatic carbocycles. The molecule has 1 atom stereocenters. The Morgan fingerprint density at radius 1 is 0.938 bits per heavy atom. The third kappa shape index (κ3) is 4.46. The van der Waals surface area contributed by atoms with Gasteiger partial charge in [0, 0.05) is 18.8 Å². The van der Waals surface area contributed by atoms with E-state index >= 15 is 0 Å². The van der Waals surface area contributed by atoms with Crippen LogP contribution >= 0.6 is 11.8 Å². The molecule has 0 N–H and O–H groups in total. The van der Waals surface area contributed by atoms with Gasteiger partial charge in [-0.25, -0.2) is 0 Å². The quantitative estimate of drug-likeness (QED) is 0.541. The van der Waals surface area contributed by atoms with Crippen molar-refractivity contribution in [2.45, 2.75) is 36.9 Å². The summed E-state index contributed by atoms with van der Waals surface area (Å²) in [6, 6.07) is 17.6. The molecular weight excluding hydrogens is 424 g/mol. The molecule has 0 spiro atoms. The first-order valence-electron chi connectivity index (χ1n) is 11.1. The molecule has 32 heavy (non-hydrogen) atoms. The Balaban J connectivity index is 1.39. The van der Waals surface area contributed by atoms with Crippen LogP contribution in [-0.4, -0.2) is 51.0 Å². The molecule has 2 aliphatic rings. The number of benzene rings is 2. The van der Waals surface area contributed by atoms with Gasteiger partial charge in [-0.05, 0) is 37.1 Å². The second kappa shape index (κ2) is 9.65. The van der Waals surface area contributed by atoms with Gasteiger partial charge in [-0.2, -0.15) is 0 Å². The Kier molecular flexibility index (Phi) is 6.29. The van der Waals surface area contributed by atoms with E-state index in [1.165, 1.54) is 24.6 Å². The molecule has 3 aromatic rings. The highest BCUT2D eigenvalue weighted by molar-refractivity contribution is 7.99. The average molecular weight is 451 g/mol. The SMILES string of the molecule is O=C(CSc1nnc(C2COc3ccccc3O2)n1-c1ccccc1)N1CCCCCC1. The topological polar surface area (TPSA) is 69.5 Å². The Hall–Kier alpha value is -3.00. The number of hydrogen-bond donors (Lipinski definition) is 0. The molecule has 0 saturated carbocycles. The van der Waals surface area contributed by atoms with Crippen molar-refractivity contribution >= 4 is 17.7 Å². The van der Waals surface area contributed by atoms with E-state index in [-0.39, 0.29) is 5.91 Å². The van der Waals surface area contributed by atoms with E-state index in [9.17, 15) is 4.79 Å². The maximum absolute atomic E-state index is 12.8. The number of hydrogen-bond acceptors (Lipinski definition) is 6. The van der Waals surface area contributed by atoms with Gasteiger partial charge in [0.15, 0.2) is 28.6 Å². The smallest absolute Gasteiger partial charge is 0.233 e. The van der Waals surface area contributed by atoms with Gasteiger partial charge >= 0.3 is 0 Å². The molecule has 1 saturated heterocycles. The van der Waals surface area contributed by atoms with Crippen LogP contribution < -0.4 is 9.47 Å². The second-order valence-corrected chi connectivity index (χ2v) is 8.90. The fourth-order valence-electron chi connectivity index (χ4n) is 4.09. The van der Waals surface area contributed by atoms with Gasteiger partial charge in [0.2, 0.25) is 5.91 Å². The number of para-hydroxylation sites is 3. The first-order chi connectivity index (χ1) is 15.8. The number of nitrogens with zero attached hydrogens (tertiary/aromatic N) is 4. The van der Waals surface area contributed by atoms with Crippen molar-refractivity contribution in [2.24, 2.45) is 0 Å². The molecule has 1 fully saturated rings. The summed E-state index contributed by atoms with van der Waals surface area (Å²) >= 11 is 1.42. The Morgan fingerprint density at radius 2 is 1.66 bits per heavy atom. The van der Waals surface area contributed by atoms with E-state index in [4.69, 9.17) is 9.47 Å². The van der Waals surface area contributed by atoms with Crippen molar-refractivity contribution in [3.63, 3.8) is 0 Å². The summed E-state index contributed by atoms with van der Waals surface area (Å²) in [6.45, 7) is 2.05. The molecule has 0 bridgehead atoms. The number of fused-ring (bicyclic) bond motifs is 1. The Labute approximate surface area is 191 Å². The molecule has 1 unspecified atom stereocenters. The lowest BCUT2D eigenvalue weighted by molar-refractivity contribution is -0.128. The molecule has 1 amide bonds. The maximum atomic E-state index is 12.8. The molecule has 0 radical (unpaired) electrons. The monoisotopic (exact) mass is 450 g/mol. The average Bonchev–Trinajstić information content (AvgIpc) is 3.07. The van der Waals surface area contributed by atoms with Crippen molar-refractivity contribution in [3.8, 4) is 17.2 Å². The first-order valence-corrected chi connectivity index (χ1v) is 12.1. The second-order valence-electron chi connectivity index (χ2n) is 7.96. The summed E-state index contributed by atoms with van der Waals surface area (Å²) in [7, 11) is 0. The van der Waals surface area contributed by atoms with Crippen LogP contribution in [0.15, 0.2) is 59.8 Å². The maximum Gasteiger partial charge on any atom is 0.233 e. The van der Waals surface area contributed by atoms with Crippen LogP contribution in [0, 0.1) is 0 Å². The van der Waals surface area contributed by atoms with Crippen LogP contribution in [0.3, 0.4) is 0 Å². The summed E-state index contributed by atoms with van der Waals surface area (Å²) in [4.78, 5) is 14.8. The number of carbonyl (C=O) groups excluding carboxylic acids is 1. The van der Waals surface area contributed by atoms with Gasteiger partial charge in [0.25, 0.3) is 0 Å². The van der Waals surface area contributed by atoms with Crippen molar-refractivity contribution < 1.29 is 14.3 Å². The number of amides is 1. The summed E-state index contributed by atoms with van der Waals surface area (Å²) in [5.74, 6) is 2.59. The largest absolute Gasteiger partial charge is 0.485 e. The number of likely N-dealkylation sites (tertiary alicyclic amines) is 1. The minimum atomic E-state index is -0.395. The zero-order valence-electron chi connectivity index (χ0n) is 17.9. The van der Waals surface area contributed by atoms with Crippen LogP contribution in [0.5, 0.6) is 11.5 Å². The summed E-state index contributed by atoms with van der Waals surface area (Å²) < 4.78 is 14.1. The van der Waals surface area contributed by atoms with E-state index in [1.807, 2.05) is 64.1 Å². The predicted octanol–water partition coefficient (Wildman–Crippen LogP) is 4.27. The number of aromatic nitrogens is 3. The standard InChI is InChI=1S/C24H26N4O3S/c29-22(27-14-8-1-2-9-15-27)17-32-24-26-25-23(28(24)18-10-4-3-5-11-18)21-16-30-19-12-6-7-13-20(19)31-21/h3-7,10-13,21H,1-2,8-9,14-17H2. The van der Waals surface area contributed by atoms with Crippen LogP contribution in [0.1, 0.15) is 37.6 Å². The van der Waals surface area contributed by atoms with E-state index in [0.29, 0.717) is 29.1 Å². The highest BCUT2D eigenvalue weighted by atomic mass is 32.2. The van der Waals surface area contributed by atoms with Gasteiger partial charge in [-0.3, -0.25) is 9.36 Å². The minimum absolute atomic E-state index is 0.159. The van der Waals surface area contributed by atoms with Crippen molar-refractivity contribution in [1.82, 2.24) is 19.7 Å². The van der Waals surface area contributed by atoms with Gasteiger partial charge < -0.3 is 14.4 Å². The first kappa shape index (κ1) is 20.9. The third-order valence-corrected chi connectivity index (χ3v) is 6.67. The number of thioether (sulfide) groups is 1. The van der Waals surface area contributed by atoms with Crippen molar-refractivity contribution in [1.29, 1.82) is 0 Å². The van der Waals surface area contributed by atoms with Gasteiger partial charge in [-0.1, -0.05) is 54.9 Å². The van der Waals surface area contributed by atoms with Crippen molar-refractivity contribution in [3.05, 3.63) is 60.4 Å². The molecule has 2 aromatic carbocycles. The molecule has 2 aliphatic heterocycles. The van der Waals surface area contributed by atoms with Crippen LogP contribution in [-0.2, 0) is 4.79 Å². The lowest BCUT2D eigenvalue weighted by Crippen LogP contribution is -2.33. The molecule has 7 nitrogen and oxygen atoms in total. The molecule has 166 valence electrons. The lowest BCUT2D eigenvalue weighted by Gasteiger charge is -2.26. The highest BCUT2D eigenvalue weighted by Gasteiger charge is 2.29. The molecule has 1 aromatic heterocycles. The summed E-state index contributed by atoms with van der Waals surface area (Å²) in [5, 5.41) is 9.56. The zero-order chi connectivity index (χ0) is 21.8.